The molecule has 0 saturated heterocycles. The van der Waals surface area contributed by atoms with Crippen molar-refractivity contribution in [3.05, 3.63) is 0 Å². The minimum absolute atomic E-state index is 0. The second-order valence-electron chi connectivity index (χ2n) is 2.91. The van der Waals surface area contributed by atoms with Gasteiger partial charge in [-0.1, -0.05) is 0 Å². The van der Waals surface area contributed by atoms with Gasteiger partial charge in [-0.15, -0.1) is 0 Å². The fourth-order valence-corrected chi connectivity index (χ4v) is 0.684. The van der Waals surface area contributed by atoms with Crippen molar-refractivity contribution in [1.29, 1.82) is 0 Å². The van der Waals surface area contributed by atoms with Crippen molar-refractivity contribution in [2.24, 2.45) is 0 Å². The molecule has 0 radical (unpaired) electrons. The summed E-state index contributed by atoms with van der Waals surface area (Å²) in [6, 6.07) is 0. The first-order valence-electron chi connectivity index (χ1n) is 4.02. The van der Waals surface area contributed by atoms with Crippen molar-refractivity contribution in [2.75, 3.05) is 0 Å². The van der Waals surface area contributed by atoms with Crippen LogP contribution >= 0.6 is 0 Å². The number of aliphatic carboxylic acids is 4. The van der Waals surface area contributed by atoms with E-state index in [4.69, 9.17) is 15.0 Å². The van der Waals surface area contributed by atoms with Crippen LogP contribution in [-0.4, -0.2) is 110 Å². The zero-order valence-electron chi connectivity index (χ0n) is 10.0. The van der Waals surface area contributed by atoms with Crippen molar-refractivity contribution in [3.8, 4) is 0 Å². The fraction of sp³-hybridized carbons (Fsp3) is 0.500. The van der Waals surface area contributed by atoms with Crippen LogP contribution in [0.15, 0.2) is 0 Å². The van der Waals surface area contributed by atoms with E-state index in [0.29, 0.717) is 0 Å². The van der Waals surface area contributed by atoms with Crippen LogP contribution in [-0.2, 0) is 19.2 Å². The van der Waals surface area contributed by atoms with Gasteiger partial charge in [-0.2, -0.15) is 0 Å². The van der Waals surface area contributed by atoms with Crippen LogP contribution in [0.25, 0.3) is 0 Å². The average Bonchev–Trinajstić information content (AvgIpc) is 1.98. The van der Waals surface area contributed by atoms with Gasteiger partial charge in [-0.25, -0.2) is 0 Å². The first-order valence-corrected chi connectivity index (χ1v) is 4.02. The second kappa shape index (κ2) is 13.3. The molecule has 0 rings (SSSR count). The van der Waals surface area contributed by atoms with Crippen LogP contribution in [0.5, 0.6) is 0 Å². The molecule has 19 heavy (non-hydrogen) atoms. The van der Waals surface area contributed by atoms with E-state index in [2.05, 4.69) is 0 Å². The van der Waals surface area contributed by atoms with Crippen LogP contribution in [0.2, 0.25) is 0 Å². The number of rotatable bonds is 5. The first kappa shape index (κ1) is 27.7. The van der Waals surface area contributed by atoms with E-state index in [1.165, 1.54) is 0 Å². The second-order valence-corrected chi connectivity index (χ2v) is 2.91. The van der Waals surface area contributed by atoms with Gasteiger partial charge >= 0.3 is 75.5 Å². The van der Waals surface area contributed by atoms with Crippen LogP contribution in [0.1, 0.15) is 19.8 Å². The SMILES string of the molecule is CC(=O)[O-].O=C([O-])CC(O)(CC(=O)[O-])C(=O)[O-].[Ca+2].[Ca+2]. The summed E-state index contributed by atoms with van der Waals surface area (Å²) in [7, 11) is 0. The molecule has 0 unspecified atom stereocenters. The van der Waals surface area contributed by atoms with Gasteiger partial charge in [0.1, 0.15) is 5.60 Å². The summed E-state index contributed by atoms with van der Waals surface area (Å²) >= 11 is 0. The fourth-order valence-electron chi connectivity index (χ4n) is 0.684. The van der Waals surface area contributed by atoms with Gasteiger partial charge in [0.25, 0.3) is 0 Å². The molecular formula is C8H8Ca2O9. The Morgan fingerprint density at radius 2 is 1.11 bits per heavy atom. The van der Waals surface area contributed by atoms with Gasteiger partial charge in [0, 0.05) is 30.7 Å². The molecule has 0 aromatic rings. The van der Waals surface area contributed by atoms with E-state index in [1.54, 1.807) is 0 Å². The summed E-state index contributed by atoms with van der Waals surface area (Å²) in [6.45, 7) is 0.972. The van der Waals surface area contributed by atoms with Crippen molar-refractivity contribution in [1.82, 2.24) is 0 Å². The van der Waals surface area contributed by atoms with E-state index in [9.17, 15) is 29.7 Å². The molecule has 11 heteroatoms. The zero-order chi connectivity index (χ0) is 14.2. The summed E-state index contributed by atoms with van der Waals surface area (Å²) in [6.07, 6.45) is -2.72. The summed E-state index contributed by atoms with van der Waals surface area (Å²) in [5, 5.41) is 47.8. The van der Waals surface area contributed by atoms with E-state index in [0.717, 1.165) is 6.92 Å². The third kappa shape index (κ3) is 18.4. The summed E-state index contributed by atoms with van der Waals surface area (Å²) in [4.78, 5) is 38.9. The molecule has 98 valence electrons. The molecule has 0 aromatic heterocycles. The summed E-state index contributed by atoms with van der Waals surface area (Å²) < 4.78 is 0. The first-order chi connectivity index (χ1) is 7.51. The molecule has 0 fully saturated rings. The van der Waals surface area contributed by atoms with Gasteiger partial charge in [-0.3, -0.25) is 0 Å². The van der Waals surface area contributed by atoms with Gasteiger partial charge in [-0.05, 0) is 6.92 Å². The summed E-state index contributed by atoms with van der Waals surface area (Å²) in [5.74, 6) is -7.07. The van der Waals surface area contributed by atoms with E-state index in [1.807, 2.05) is 0 Å². The third-order valence-corrected chi connectivity index (χ3v) is 1.25. The molecule has 0 aromatic carbocycles. The Kier molecular flexibility index (Phi) is 19.4. The summed E-state index contributed by atoms with van der Waals surface area (Å²) in [5.41, 5.74) is -2.97. The maximum atomic E-state index is 10.1. The topological polar surface area (TPSA) is 181 Å². The van der Waals surface area contributed by atoms with E-state index < -0.39 is 42.3 Å². The number of hydrogen-bond donors (Lipinski definition) is 1. The Labute approximate surface area is 167 Å². The molecule has 9 nitrogen and oxygen atoms in total. The van der Waals surface area contributed by atoms with E-state index in [-0.39, 0.29) is 75.5 Å². The van der Waals surface area contributed by atoms with Crippen molar-refractivity contribution < 1.29 is 44.7 Å². The number of carboxylic acid groups (broad SMARTS) is 4. The molecule has 0 amide bonds. The predicted octanol–water partition coefficient (Wildman–Crippen LogP) is -7.26. The van der Waals surface area contributed by atoms with Gasteiger partial charge in [0.2, 0.25) is 0 Å². The maximum Gasteiger partial charge on any atom is 2.00 e. The van der Waals surface area contributed by atoms with Crippen LogP contribution in [0, 0.1) is 0 Å². The molecule has 0 aliphatic heterocycles. The Morgan fingerprint density at radius 3 is 1.21 bits per heavy atom. The number of hydrogen-bond acceptors (Lipinski definition) is 9. The Balaban J connectivity index is -0.000000165. The van der Waals surface area contributed by atoms with E-state index >= 15 is 0 Å². The van der Waals surface area contributed by atoms with Crippen LogP contribution in [0.3, 0.4) is 0 Å². The molecule has 0 aliphatic rings. The van der Waals surface area contributed by atoms with Crippen molar-refractivity contribution in [2.45, 2.75) is 25.4 Å². The quantitative estimate of drug-likeness (QED) is 0.479. The minimum Gasteiger partial charge on any atom is -0.550 e. The van der Waals surface area contributed by atoms with Crippen LogP contribution < -0.4 is 20.4 Å². The normalized spacial score (nSPS) is 8.74. The monoisotopic (exact) mass is 328 g/mol. The molecule has 0 aliphatic carbocycles. The zero-order valence-corrected chi connectivity index (χ0v) is 14.5. The largest absolute Gasteiger partial charge is 2.00 e. The molecular weight excluding hydrogens is 320 g/mol. The molecule has 0 atom stereocenters. The Morgan fingerprint density at radius 1 is 0.895 bits per heavy atom. The van der Waals surface area contributed by atoms with Crippen molar-refractivity contribution >= 4 is 99.4 Å². The van der Waals surface area contributed by atoms with Gasteiger partial charge < -0.3 is 44.7 Å². The smallest absolute Gasteiger partial charge is 0.550 e. The minimum atomic E-state index is -2.97. The molecule has 1 N–H and O–H groups in total. The van der Waals surface area contributed by atoms with Crippen LogP contribution in [0.4, 0.5) is 0 Å². The average molecular weight is 328 g/mol. The van der Waals surface area contributed by atoms with Crippen molar-refractivity contribution in [3.63, 3.8) is 0 Å². The number of carbonyl (C=O) groups excluding carboxylic acids is 4. The molecule has 0 bridgehead atoms. The molecule has 0 heterocycles. The predicted molar refractivity (Wildman–Crippen MR) is 51.4 cm³/mol. The van der Waals surface area contributed by atoms with Gasteiger partial charge in [0.05, 0.1) is 5.97 Å². The molecule has 0 spiro atoms. The third-order valence-electron chi connectivity index (χ3n) is 1.25. The number of aliphatic hydroxyl groups is 1. The Bertz CT molecular complexity index is 308. The Hall–Kier alpha value is 0.359. The maximum absolute atomic E-state index is 10.1. The number of carboxylic acids is 4. The standard InChI is InChI=1S/C6H8O7.C2H4O2.2Ca/c7-3(8)1-6(13,5(11)12)2-4(9)10;1-2(3)4;;/h13H,1-2H2,(H,7,8)(H,9,10)(H,11,12);1H3,(H,3,4);;/q;;2*+2/p-4. The molecule has 0 saturated carbocycles. The van der Waals surface area contributed by atoms with Gasteiger partial charge in [0.15, 0.2) is 0 Å². The number of carbonyl (C=O) groups is 4.